The van der Waals surface area contributed by atoms with Crippen LogP contribution in [0.4, 0.5) is 17.1 Å². The van der Waals surface area contributed by atoms with E-state index < -0.39 is 5.97 Å². The fraction of sp³-hybridized carbons (Fsp3) is 0.148. The Hall–Kier alpha value is -4.22. The normalized spacial score (nSPS) is 11.9. The summed E-state index contributed by atoms with van der Waals surface area (Å²) in [5, 5.41) is 7.67. The molecule has 1 aliphatic rings. The third-order valence-electron chi connectivity index (χ3n) is 5.63. The minimum absolute atomic E-state index is 0.248. The molecule has 0 unspecified atom stereocenters. The van der Waals surface area contributed by atoms with Crippen LogP contribution in [-0.4, -0.2) is 36.1 Å². The van der Waals surface area contributed by atoms with E-state index in [1.165, 1.54) is 19.1 Å². The zero-order chi connectivity index (χ0) is 24.2. The van der Waals surface area contributed by atoms with E-state index in [-0.39, 0.29) is 5.69 Å². The predicted octanol–water partition coefficient (Wildman–Crippen LogP) is 5.08. The molecular formula is C27H23N5O2S. The number of methoxy groups -OCH3 is 1. The van der Waals surface area contributed by atoms with Gasteiger partial charge >= 0.3 is 5.97 Å². The number of aryl methyl sites for hydroxylation is 1. The van der Waals surface area contributed by atoms with Gasteiger partial charge in [0.15, 0.2) is 5.69 Å². The van der Waals surface area contributed by atoms with Crippen molar-refractivity contribution < 1.29 is 9.53 Å². The second kappa shape index (κ2) is 9.95. The van der Waals surface area contributed by atoms with Crippen LogP contribution in [0, 0.1) is 18.8 Å². The lowest BCUT2D eigenvalue weighted by Crippen LogP contribution is -2.24. The number of aromatic nitrogens is 2. The van der Waals surface area contributed by atoms with Crippen molar-refractivity contribution in [1.29, 1.82) is 0 Å². The van der Waals surface area contributed by atoms with E-state index in [1.54, 1.807) is 6.20 Å². The second-order valence-electron chi connectivity index (χ2n) is 7.90. The molecule has 5 rings (SSSR count). The van der Waals surface area contributed by atoms with Crippen molar-refractivity contribution in [2.45, 2.75) is 11.8 Å². The molecule has 0 spiro atoms. The van der Waals surface area contributed by atoms with Crippen LogP contribution < -0.4 is 15.4 Å². The number of carbonyl (C=O) groups is 1. The third kappa shape index (κ3) is 4.59. The van der Waals surface area contributed by atoms with Crippen molar-refractivity contribution in [2.24, 2.45) is 0 Å². The molecule has 0 radical (unpaired) electrons. The van der Waals surface area contributed by atoms with E-state index in [2.05, 4.69) is 62.3 Å². The van der Waals surface area contributed by atoms with Gasteiger partial charge in [0.1, 0.15) is 0 Å². The zero-order valence-corrected chi connectivity index (χ0v) is 20.1. The summed E-state index contributed by atoms with van der Waals surface area (Å²) < 4.78 is 8.33. The number of benzene rings is 2. The summed E-state index contributed by atoms with van der Waals surface area (Å²) in [7, 11) is 1.35. The molecule has 0 saturated carbocycles. The number of hydrogen-bond acceptors (Lipinski definition) is 8. The Morgan fingerprint density at radius 2 is 1.80 bits per heavy atom. The zero-order valence-electron chi connectivity index (χ0n) is 19.3. The molecule has 2 aromatic carbocycles. The lowest BCUT2D eigenvalue weighted by atomic mass is 10.1. The van der Waals surface area contributed by atoms with Crippen LogP contribution >= 0.6 is 11.9 Å². The van der Waals surface area contributed by atoms with Gasteiger partial charge in [0.2, 0.25) is 0 Å². The number of pyridine rings is 2. The standard InChI is InChI=1S/C27H23N5O2S/c1-17-9-10-19-7-5-13-28-23(19)26(17)35-32-21-8-4-3-6-18(21)11-12-20-16-31-25(27(33)34-2)24-22(20)29-14-15-30-24/h3-10,13,16,29-30,32H,14-15H2,1-2H3. The van der Waals surface area contributed by atoms with Crippen LogP contribution in [0.15, 0.2) is 65.8 Å². The molecule has 0 amide bonds. The quantitative estimate of drug-likeness (QED) is 0.211. The van der Waals surface area contributed by atoms with Gasteiger partial charge in [0, 0.05) is 36.4 Å². The maximum absolute atomic E-state index is 12.1. The number of esters is 1. The van der Waals surface area contributed by atoms with Crippen LogP contribution in [0.3, 0.4) is 0 Å². The van der Waals surface area contributed by atoms with Crippen molar-refractivity contribution in [3.05, 3.63) is 83.3 Å². The van der Waals surface area contributed by atoms with Gasteiger partial charge < -0.3 is 20.1 Å². The summed E-state index contributed by atoms with van der Waals surface area (Å²) in [6.07, 6.45) is 3.42. The van der Waals surface area contributed by atoms with Gasteiger partial charge in [-0.25, -0.2) is 9.78 Å². The monoisotopic (exact) mass is 481 g/mol. The summed E-state index contributed by atoms with van der Waals surface area (Å²) >= 11 is 1.53. The number of para-hydroxylation sites is 1. The Morgan fingerprint density at radius 3 is 2.66 bits per heavy atom. The Balaban J connectivity index is 1.45. The van der Waals surface area contributed by atoms with Crippen LogP contribution in [0.5, 0.6) is 0 Å². The van der Waals surface area contributed by atoms with Crippen molar-refractivity contribution in [3.8, 4) is 11.8 Å². The van der Waals surface area contributed by atoms with Gasteiger partial charge in [-0.1, -0.05) is 42.2 Å². The number of fused-ring (bicyclic) bond motifs is 2. The summed E-state index contributed by atoms with van der Waals surface area (Å²) in [5.41, 5.74) is 6.20. The first kappa shape index (κ1) is 22.6. The fourth-order valence-corrected chi connectivity index (χ4v) is 4.74. The lowest BCUT2D eigenvalue weighted by Gasteiger charge is -2.22. The first-order chi connectivity index (χ1) is 17.2. The summed E-state index contributed by atoms with van der Waals surface area (Å²) in [6, 6.07) is 16.1. The number of hydrogen-bond donors (Lipinski definition) is 3. The van der Waals surface area contributed by atoms with Gasteiger partial charge in [-0.2, -0.15) is 0 Å². The average molecular weight is 482 g/mol. The molecule has 35 heavy (non-hydrogen) atoms. The topological polar surface area (TPSA) is 88.2 Å². The highest BCUT2D eigenvalue weighted by molar-refractivity contribution is 8.00. The summed E-state index contributed by atoms with van der Waals surface area (Å²) in [5.74, 6) is 6.00. The Kier molecular flexibility index (Phi) is 6.42. The Bertz CT molecular complexity index is 1490. The average Bonchev–Trinajstić information content (AvgIpc) is 2.91. The molecule has 0 aliphatic carbocycles. The summed E-state index contributed by atoms with van der Waals surface area (Å²) in [4.78, 5) is 22.1. The van der Waals surface area contributed by atoms with Gasteiger partial charge in [0.05, 0.1) is 40.1 Å². The van der Waals surface area contributed by atoms with Crippen LogP contribution in [0.1, 0.15) is 27.2 Å². The van der Waals surface area contributed by atoms with Crippen molar-refractivity contribution in [3.63, 3.8) is 0 Å². The molecule has 7 nitrogen and oxygen atoms in total. The maximum Gasteiger partial charge on any atom is 0.358 e. The first-order valence-corrected chi connectivity index (χ1v) is 11.9. The molecule has 0 atom stereocenters. The smallest absolute Gasteiger partial charge is 0.358 e. The van der Waals surface area contributed by atoms with Crippen molar-refractivity contribution >= 4 is 45.9 Å². The molecule has 2 aromatic heterocycles. The molecular weight excluding hydrogens is 458 g/mol. The SMILES string of the molecule is COC(=O)c1ncc(C#Cc2ccccc2NSc2c(C)ccc3cccnc23)c2c1NCCN2. The molecule has 3 N–H and O–H groups in total. The highest BCUT2D eigenvalue weighted by Crippen LogP contribution is 2.33. The third-order valence-corrected chi connectivity index (χ3v) is 6.67. The molecule has 8 heteroatoms. The maximum atomic E-state index is 12.1. The number of rotatable bonds is 4. The molecule has 1 aliphatic heterocycles. The fourth-order valence-electron chi connectivity index (χ4n) is 3.86. The number of ether oxygens (including phenoxy) is 1. The minimum Gasteiger partial charge on any atom is -0.464 e. The second-order valence-corrected chi connectivity index (χ2v) is 8.72. The van der Waals surface area contributed by atoms with E-state index in [1.807, 2.05) is 36.5 Å². The molecule has 4 aromatic rings. The van der Waals surface area contributed by atoms with E-state index in [0.717, 1.165) is 44.8 Å². The highest BCUT2D eigenvalue weighted by atomic mass is 32.2. The molecule has 0 saturated heterocycles. The molecule has 0 fully saturated rings. The molecule has 0 bridgehead atoms. The van der Waals surface area contributed by atoms with Gasteiger partial charge in [-0.15, -0.1) is 0 Å². The van der Waals surface area contributed by atoms with Crippen LogP contribution in [0.2, 0.25) is 0 Å². The van der Waals surface area contributed by atoms with Gasteiger partial charge in [-0.3, -0.25) is 4.98 Å². The van der Waals surface area contributed by atoms with E-state index in [0.29, 0.717) is 17.8 Å². The molecule has 3 heterocycles. The van der Waals surface area contributed by atoms with Gasteiger partial charge in [-0.05, 0) is 42.6 Å². The van der Waals surface area contributed by atoms with E-state index in [4.69, 9.17) is 4.74 Å². The van der Waals surface area contributed by atoms with Gasteiger partial charge in [0.25, 0.3) is 0 Å². The largest absolute Gasteiger partial charge is 0.464 e. The first-order valence-electron chi connectivity index (χ1n) is 11.1. The predicted molar refractivity (Wildman–Crippen MR) is 141 cm³/mol. The Labute approximate surface area is 207 Å². The number of carbonyl (C=O) groups excluding carboxylic acids is 1. The number of nitrogens with zero attached hydrogens (tertiary/aromatic N) is 2. The number of anilines is 3. The van der Waals surface area contributed by atoms with E-state index in [9.17, 15) is 4.79 Å². The molecule has 174 valence electrons. The summed E-state index contributed by atoms with van der Waals surface area (Å²) in [6.45, 7) is 3.49. The van der Waals surface area contributed by atoms with Crippen molar-refractivity contribution in [1.82, 2.24) is 9.97 Å². The van der Waals surface area contributed by atoms with Crippen LogP contribution in [0.25, 0.3) is 10.9 Å². The van der Waals surface area contributed by atoms with E-state index >= 15 is 0 Å². The Morgan fingerprint density at radius 1 is 1.00 bits per heavy atom. The van der Waals surface area contributed by atoms with Crippen molar-refractivity contribution in [2.75, 3.05) is 35.6 Å². The minimum atomic E-state index is -0.484. The lowest BCUT2D eigenvalue weighted by molar-refractivity contribution is 0.0595. The van der Waals surface area contributed by atoms with Crippen LogP contribution in [-0.2, 0) is 4.74 Å². The number of nitrogens with one attached hydrogen (secondary N) is 3. The highest BCUT2D eigenvalue weighted by Gasteiger charge is 2.22.